The molecule has 0 saturated heterocycles. The fraction of sp³-hybridized carbons (Fsp3) is 0.200. The quantitative estimate of drug-likeness (QED) is 0.757. The van der Waals surface area contributed by atoms with Crippen LogP contribution >= 0.6 is 0 Å². The Balaban J connectivity index is 1.93. The standard InChI is InChI=1S/C20H18F2N2O2/c1-11-8-16(18(22)10-17(11)21)20(25)24-12(2)19-15-9-14(26-3)5-4-13(15)6-7-23-19/h4-10,12H,1-3H3,(H,24,25). The molecule has 1 amide bonds. The van der Waals surface area contributed by atoms with Gasteiger partial charge in [-0.2, -0.15) is 0 Å². The molecular formula is C20H18F2N2O2. The molecule has 0 aliphatic rings. The zero-order valence-electron chi connectivity index (χ0n) is 14.6. The maximum atomic E-state index is 14.0. The van der Waals surface area contributed by atoms with Gasteiger partial charge in [-0.3, -0.25) is 9.78 Å². The Morgan fingerprint density at radius 2 is 1.92 bits per heavy atom. The van der Waals surface area contributed by atoms with Gasteiger partial charge >= 0.3 is 0 Å². The zero-order chi connectivity index (χ0) is 18.8. The van der Waals surface area contributed by atoms with Gasteiger partial charge in [0, 0.05) is 17.6 Å². The van der Waals surface area contributed by atoms with Crippen LogP contribution in [0.1, 0.15) is 34.6 Å². The number of aryl methyl sites for hydroxylation is 1. The summed E-state index contributed by atoms with van der Waals surface area (Å²) in [6.07, 6.45) is 1.65. The van der Waals surface area contributed by atoms with E-state index in [4.69, 9.17) is 4.74 Å². The van der Waals surface area contributed by atoms with Crippen molar-refractivity contribution in [2.75, 3.05) is 7.11 Å². The van der Waals surface area contributed by atoms with Gasteiger partial charge in [0.2, 0.25) is 0 Å². The number of rotatable bonds is 4. The van der Waals surface area contributed by atoms with E-state index in [0.717, 1.165) is 16.8 Å². The van der Waals surface area contributed by atoms with E-state index in [9.17, 15) is 13.6 Å². The number of amides is 1. The Labute approximate surface area is 149 Å². The van der Waals surface area contributed by atoms with E-state index >= 15 is 0 Å². The molecule has 3 aromatic rings. The number of nitrogens with zero attached hydrogens (tertiary/aromatic N) is 1. The number of aromatic nitrogens is 1. The molecule has 1 unspecified atom stereocenters. The Morgan fingerprint density at radius 1 is 1.15 bits per heavy atom. The van der Waals surface area contributed by atoms with Gasteiger partial charge in [-0.25, -0.2) is 8.78 Å². The van der Waals surface area contributed by atoms with Crippen molar-refractivity contribution in [2.24, 2.45) is 0 Å². The number of carbonyl (C=O) groups is 1. The van der Waals surface area contributed by atoms with E-state index in [1.807, 2.05) is 24.3 Å². The van der Waals surface area contributed by atoms with E-state index in [2.05, 4.69) is 10.3 Å². The van der Waals surface area contributed by atoms with Crippen molar-refractivity contribution in [3.63, 3.8) is 0 Å². The lowest BCUT2D eigenvalue weighted by atomic mass is 10.0. The molecule has 1 N–H and O–H groups in total. The number of benzene rings is 2. The predicted molar refractivity (Wildman–Crippen MR) is 95.3 cm³/mol. The van der Waals surface area contributed by atoms with Crippen molar-refractivity contribution in [3.8, 4) is 5.75 Å². The molecule has 6 heteroatoms. The summed E-state index contributed by atoms with van der Waals surface area (Å²) in [5, 5.41) is 4.50. The minimum absolute atomic E-state index is 0.200. The first-order valence-electron chi connectivity index (χ1n) is 8.10. The average molecular weight is 356 g/mol. The van der Waals surface area contributed by atoms with Crippen LogP contribution in [0.3, 0.4) is 0 Å². The minimum atomic E-state index is -0.898. The highest BCUT2D eigenvalue weighted by Crippen LogP contribution is 2.26. The second kappa shape index (κ2) is 7.07. The number of halogens is 2. The molecular weight excluding hydrogens is 338 g/mol. The lowest BCUT2D eigenvalue weighted by Gasteiger charge is -2.16. The molecule has 0 saturated carbocycles. The van der Waals surface area contributed by atoms with Crippen molar-refractivity contribution < 1.29 is 18.3 Å². The van der Waals surface area contributed by atoms with E-state index in [0.29, 0.717) is 11.4 Å². The van der Waals surface area contributed by atoms with E-state index < -0.39 is 23.6 Å². The summed E-state index contributed by atoms with van der Waals surface area (Å²) in [7, 11) is 1.57. The SMILES string of the molecule is COc1ccc2ccnc(C(C)NC(=O)c3cc(C)c(F)cc3F)c2c1. The summed E-state index contributed by atoms with van der Waals surface area (Å²) >= 11 is 0. The predicted octanol–water partition coefficient (Wildman–Crippen LogP) is 4.32. The topological polar surface area (TPSA) is 51.2 Å². The van der Waals surface area contributed by atoms with Crippen molar-refractivity contribution in [2.45, 2.75) is 19.9 Å². The zero-order valence-corrected chi connectivity index (χ0v) is 14.6. The summed E-state index contributed by atoms with van der Waals surface area (Å²) < 4.78 is 32.6. The summed E-state index contributed by atoms with van der Waals surface area (Å²) in [4.78, 5) is 16.8. The highest BCUT2D eigenvalue weighted by molar-refractivity contribution is 5.95. The van der Waals surface area contributed by atoms with Gasteiger partial charge in [-0.1, -0.05) is 6.07 Å². The van der Waals surface area contributed by atoms with Gasteiger partial charge in [0.1, 0.15) is 17.4 Å². The fourth-order valence-corrected chi connectivity index (χ4v) is 2.82. The minimum Gasteiger partial charge on any atom is -0.497 e. The number of hydrogen-bond donors (Lipinski definition) is 1. The van der Waals surface area contributed by atoms with E-state index in [1.165, 1.54) is 13.0 Å². The molecule has 0 bridgehead atoms. The number of pyridine rings is 1. The van der Waals surface area contributed by atoms with Gasteiger partial charge in [0.25, 0.3) is 5.91 Å². The highest BCUT2D eigenvalue weighted by Gasteiger charge is 2.19. The van der Waals surface area contributed by atoms with Gasteiger partial charge in [0.05, 0.1) is 24.4 Å². The van der Waals surface area contributed by atoms with Gasteiger partial charge in [-0.15, -0.1) is 0 Å². The number of methoxy groups -OCH3 is 1. The molecule has 1 atom stereocenters. The van der Waals surface area contributed by atoms with Crippen LogP contribution in [0.2, 0.25) is 0 Å². The molecule has 1 heterocycles. The van der Waals surface area contributed by atoms with Crippen LogP contribution in [0, 0.1) is 18.6 Å². The van der Waals surface area contributed by atoms with Crippen molar-refractivity contribution in [1.29, 1.82) is 0 Å². The summed E-state index contributed by atoms with van der Waals surface area (Å²) in [5.74, 6) is -1.54. The van der Waals surface area contributed by atoms with E-state index in [1.54, 1.807) is 20.2 Å². The number of carbonyl (C=O) groups excluding carboxylic acids is 1. The second-order valence-electron chi connectivity index (χ2n) is 6.06. The molecule has 2 aromatic carbocycles. The number of hydrogen-bond acceptors (Lipinski definition) is 3. The van der Waals surface area contributed by atoms with Crippen molar-refractivity contribution >= 4 is 16.7 Å². The number of nitrogens with one attached hydrogen (secondary N) is 1. The fourth-order valence-electron chi connectivity index (χ4n) is 2.82. The normalized spacial score (nSPS) is 12.0. The third kappa shape index (κ3) is 3.35. The second-order valence-corrected chi connectivity index (χ2v) is 6.06. The van der Waals surface area contributed by atoms with E-state index in [-0.39, 0.29) is 11.1 Å². The largest absolute Gasteiger partial charge is 0.497 e. The smallest absolute Gasteiger partial charge is 0.254 e. The molecule has 4 nitrogen and oxygen atoms in total. The molecule has 26 heavy (non-hydrogen) atoms. The molecule has 134 valence electrons. The summed E-state index contributed by atoms with van der Waals surface area (Å²) in [6.45, 7) is 3.24. The molecule has 0 aliphatic heterocycles. The maximum absolute atomic E-state index is 14.0. The Kier molecular flexibility index (Phi) is 4.84. The van der Waals surface area contributed by atoms with Crippen molar-refractivity contribution in [3.05, 3.63) is 71.1 Å². The lowest BCUT2D eigenvalue weighted by molar-refractivity contribution is 0.0935. The van der Waals surface area contributed by atoms with Crippen LogP contribution in [-0.2, 0) is 0 Å². The van der Waals surface area contributed by atoms with Crippen LogP contribution < -0.4 is 10.1 Å². The van der Waals surface area contributed by atoms with Crippen molar-refractivity contribution in [1.82, 2.24) is 10.3 Å². The Morgan fingerprint density at radius 3 is 2.65 bits per heavy atom. The first kappa shape index (κ1) is 17.8. The van der Waals surface area contributed by atoms with Crippen LogP contribution in [0.4, 0.5) is 8.78 Å². The summed E-state index contributed by atoms with van der Waals surface area (Å²) in [6, 6.07) is 8.87. The third-order valence-corrected chi connectivity index (χ3v) is 4.25. The monoisotopic (exact) mass is 356 g/mol. The molecule has 1 aromatic heterocycles. The van der Waals surface area contributed by atoms with Crippen LogP contribution in [-0.4, -0.2) is 18.0 Å². The Hall–Kier alpha value is -3.02. The summed E-state index contributed by atoms with van der Waals surface area (Å²) in [5.41, 5.74) is 0.639. The molecule has 0 spiro atoms. The molecule has 0 radical (unpaired) electrons. The third-order valence-electron chi connectivity index (χ3n) is 4.25. The first-order chi connectivity index (χ1) is 12.4. The van der Waals surface area contributed by atoms with Crippen LogP contribution in [0.25, 0.3) is 10.8 Å². The van der Waals surface area contributed by atoms with Crippen LogP contribution in [0.15, 0.2) is 42.6 Å². The number of ether oxygens (including phenoxy) is 1. The van der Waals surface area contributed by atoms with Gasteiger partial charge in [-0.05, 0) is 49.1 Å². The van der Waals surface area contributed by atoms with Gasteiger partial charge in [0.15, 0.2) is 0 Å². The number of fused-ring (bicyclic) bond motifs is 1. The molecule has 0 aliphatic carbocycles. The Bertz CT molecular complexity index is 989. The van der Waals surface area contributed by atoms with Gasteiger partial charge < -0.3 is 10.1 Å². The van der Waals surface area contributed by atoms with Crippen LogP contribution in [0.5, 0.6) is 5.75 Å². The average Bonchev–Trinajstić information content (AvgIpc) is 2.63. The lowest BCUT2D eigenvalue weighted by Crippen LogP contribution is -2.28. The maximum Gasteiger partial charge on any atom is 0.254 e. The highest BCUT2D eigenvalue weighted by atomic mass is 19.1. The molecule has 3 rings (SSSR count). The first-order valence-corrected chi connectivity index (χ1v) is 8.10. The molecule has 0 fully saturated rings.